The highest BCUT2D eigenvalue weighted by Gasteiger charge is 2.39. The molecule has 1 N–H and O–H groups in total. The van der Waals surface area contributed by atoms with Gasteiger partial charge in [0.1, 0.15) is 3.92 Å². The maximum Gasteiger partial charge on any atom is 0.411 e. The number of allylic oxidation sites excluding steroid dienone is 4. The fourth-order valence-corrected chi connectivity index (χ4v) is 1.50. The average molecular weight is 315 g/mol. The lowest BCUT2D eigenvalue weighted by atomic mass is 10.1. The Labute approximate surface area is 93.3 Å². The SMILES string of the molecule is COC(=O)NC1=CC=CC(F)(F)C1I. The molecule has 1 atom stereocenters. The number of hydrogen-bond donors (Lipinski definition) is 1. The van der Waals surface area contributed by atoms with E-state index in [1.165, 1.54) is 19.3 Å². The van der Waals surface area contributed by atoms with Gasteiger partial charge in [-0.05, 0) is 12.2 Å². The van der Waals surface area contributed by atoms with Crippen molar-refractivity contribution in [1.29, 1.82) is 0 Å². The number of alkyl halides is 3. The molecule has 14 heavy (non-hydrogen) atoms. The summed E-state index contributed by atoms with van der Waals surface area (Å²) in [5.74, 6) is -2.94. The number of ether oxygens (including phenoxy) is 1. The lowest BCUT2D eigenvalue weighted by molar-refractivity contribution is 0.0631. The molecule has 0 saturated heterocycles. The summed E-state index contributed by atoms with van der Waals surface area (Å²) in [6.07, 6.45) is 2.68. The number of carbonyl (C=O) groups excluding carboxylic acids is 1. The van der Waals surface area contributed by atoms with E-state index in [2.05, 4.69) is 10.1 Å². The van der Waals surface area contributed by atoms with Crippen LogP contribution in [0.2, 0.25) is 0 Å². The Kier molecular flexibility index (Phi) is 3.46. The lowest BCUT2D eigenvalue weighted by Gasteiger charge is -2.24. The van der Waals surface area contributed by atoms with Gasteiger partial charge in [0, 0.05) is 5.70 Å². The number of amides is 1. The topological polar surface area (TPSA) is 38.3 Å². The normalized spacial score (nSPS) is 24.0. The van der Waals surface area contributed by atoms with Gasteiger partial charge >= 0.3 is 6.09 Å². The predicted molar refractivity (Wildman–Crippen MR) is 55.5 cm³/mol. The van der Waals surface area contributed by atoms with Crippen molar-refractivity contribution < 1.29 is 18.3 Å². The third kappa shape index (κ3) is 2.43. The van der Waals surface area contributed by atoms with Gasteiger partial charge in [0.2, 0.25) is 0 Å². The second-order valence-electron chi connectivity index (χ2n) is 2.63. The van der Waals surface area contributed by atoms with Crippen LogP contribution >= 0.6 is 22.6 Å². The van der Waals surface area contributed by atoms with Crippen LogP contribution in [-0.4, -0.2) is 23.1 Å². The molecule has 3 nitrogen and oxygen atoms in total. The number of methoxy groups -OCH3 is 1. The summed E-state index contributed by atoms with van der Waals surface area (Å²) in [4.78, 5) is 10.8. The van der Waals surface area contributed by atoms with Crippen LogP contribution in [0.25, 0.3) is 0 Å². The third-order valence-corrected chi connectivity index (χ3v) is 3.14. The molecule has 1 aliphatic carbocycles. The molecule has 1 unspecified atom stereocenters. The Morgan fingerprint density at radius 1 is 1.71 bits per heavy atom. The largest absolute Gasteiger partial charge is 0.453 e. The standard InChI is InChI=1S/C8H8F2INO2/c1-14-7(13)12-5-3-2-4-8(9,10)6(5)11/h2-4,6H,1H3,(H,12,13). The number of rotatable bonds is 1. The quantitative estimate of drug-likeness (QED) is 0.595. The average Bonchev–Trinajstić information content (AvgIpc) is 2.12. The summed E-state index contributed by atoms with van der Waals surface area (Å²) in [6, 6.07) is 0. The number of carbonyl (C=O) groups is 1. The first-order valence-corrected chi connectivity index (χ1v) is 4.98. The van der Waals surface area contributed by atoms with Gasteiger partial charge in [-0.25, -0.2) is 13.6 Å². The molecule has 0 radical (unpaired) electrons. The minimum atomic E-state index is -2.94. The van der Waals surface area contributed by atoms with E-state index >= 15 is 0 Å². The molecule has 0 aromatic rings. The Balaban J connectivity index is 2.75. The van der Waals surface area contributed by atoms with E-state index in [0.29, 0.717) is 0 Å². The van der Waals surface area contributed by atoms with Crippen LogP contribution in [0, 0.1) is 0 Å². The molecule has 0 spiro atoms. The molecule has 0 aromatic heterocycles. The summed E-state index contributed by atoms with van der Waals surface area (Å²) in [5.41, 5.74) is 0.143. The van der Waals surface area contributed by atoms with Gasteiger partial charge in [0.05, 0.1) is 7.11 Å². The zero-order valence-corrected chi connectivity index (χ0v) is 9.42. The van der Waals surface area contributed by atoms with Crippen molar-refractivity contribution in [2.45, 2.75) is 9.85 Å². The maximum absolute atomic E-state index is 13.1. The van der Waals surface area contributed by atoms with Gasteiger partial charge in [-0.3, -0.25) is 5.32 Å². The first kappa shape index (κ1) is 11.4. The predicted octanol–water partition coefficient (Wildman–Crippen LogP) is 2.24. The fourth-order valence-electron chi connectivity index (χ4n) is 0.930. The summed E-state index contributed by atoms with van der Waals surface area (Å²) < 4.78 is 29.4. The molecule has 78 valence electrons. The zero-order chi connectivity index (χ0) is 10.8. The molecule has 0 bridgehead atoms. The number of alkyl carbamates (subject to hydrolysis) is 1. The van der Waals surface area contributed by atoms with Gasteiger partial charge < -0.3 is 4.74 Å². The summed E-state index contributed by atoms with van der Waals surface area (Å²) >= 11 is 1.57. The Hall–Kier alpha value is -0.660. The van der Waals surface area contributed by atoms with Crippen LogP contribution in [0.1, 0.15) is 0 Å². The van der Waals surface area contributed by atoms with Crippen molar-refractivity contribution in [3.63, 3.8) is 0 Å². The van der Waals surface area contributed by atoms with Crippen LogP contribution in [0.5, 0.6) is 0 Å². The number of nitrogens with one attached hydrogen (secondary N) is 1. The minimum absolute atomic E-state index is 0.143. The molecule has 0 fully saturated rings. The molecule has 1 aliphatic rings. The Morgan fingerprint density at radius 2 is 2.36 bits per heavy atom. The van der Waals surface area contributed by atoms with E-state index < -0.39 is 15.9 Å². The van der Waals surface area contributed by atoms with E-state index in [1.807, 2.05) is 0 Å². The summed E-state index contributed by atoms with van der Waals surface area (Å²) in [7, 11) is 1.18. The van der Waals surface area contributed by atoms with Crippen molar-refractivity contribution in [2.75, 3.05) is 7.11 Å². The van der Waals surface area contributed by atoms with Crippen LogP contribution in [0.3, 0.4) is 0 Å². The Morgan fingerprint density at radius 3 is 2.93 bits per heavy atom. The third-order valence-electron chi connectivity index (χ3n) is 1.64. The second kappa shape index (κ2) is 4.24. The van der Waals surface area contributed by atoms with E-state index in [1.54, 1.807) is 22.6 Å². The van der Waals surface area contributed by atoms with Crippen LogP contribution in [0.15, 0.2) is 23.9 Å². The van der Waals surface area contributed by atoms with E-state index in [4.69, 9.17) is 0 Å². The van der Waals surface area contributed by atoms with E-state index in [9.17, 15) is 13.6 Å². The van der Waals surface area contributed by atoms with Gasteiger partial charge in [-0.15, -0.1) is 0 Å². The molecule has 1 amide bonds. The van der Waals surface area contributed by atoms with Crippen LogP contribution in [0.4, 0.5) is 13.6 Å². The second-order valence-corrected chi connectivity index (χ2v) is 3.88. The van der Waals surface area contributed by atoms with Crippen LogP contribution in [-0.2, 0) is 4.74 Å². The molecule has 0 heterocycles. The fraction of sp³-hybridized carbons (Fsp3) is 0.375. The van der Waals surface area contributed by atoms with Crippen molar-refractivity contribution in [1.82, 2.24) is 5.32 Å². The smallest absolute Gasteiger partial charge is 0.411 e. The van der Waals surface area contributed by atoms with Gasteiger partial charge in [0.25, 0.3) is 5.92 Å². The molecule has 0 aliphatic heterocycles. The number of hydrogen-bond acceptors (Lipinski definition) is 2. The highest BCUT2D eigenvalue weighted by molar-refractivity contribution is 14.1. The molecular weight excluding hydrogens is 307 g/mol. The minimum Gasteiger partial charge on any atom is -0.453 e. The van der Waals surface area contributed by atoms with Crippen molar-refractivity contribution in [2.24, 2.45) is 0 Å². The van der Waals surface area contributed by atoms with E-state index in [0.717, 1.165) is 6.08 Å². The maximum atomic E-state index is 13.1. The highest BCUT2D eigenvalue weighted by Crippen LogP contribution is 2.33. The number of halogens is 3. The lowest BCUT2D eigenvalue weighted by Crippen LogP contribution is -2.37. The Bertz CT molecular complexity index is 302. The highest BCUT2D eigenvalue weighted by atomic mass is 127. The molecule has 1 rings (SSSR count). The molecule has 0 aromatic carbocycles. The van der Waals surface area contributed by atoms with Crippen molar-refractivity contribution >= 4 is 28.7 Å². The van der Waals surface area contributed by atoms with E-state index in [-0.39, 0.29) is 5.70 Å². The molecule has 6 heteroatoms. The molecular formula is C8H8F2INO2. The van der Waals surface area contributed by atoms with Gasteiger partial charge in [-0.2, -0.15) is 0 Å². The van der Waals surface area contributed by atoms with Gasteiger partial charge in [-0.1, -0.05) is 28.7 Å². The zero-order valence-electron chi connectivity index (χ0n) is 7.26. The first-order valence-electron chi connectivity index (χ1n) is 3.73. The first-order chi connectivity index (χ1) is 6.47. The molecule has 0 saturated carbocycles. The van der Waals surface area contributed by atoms with Crippen molar-refractivity contribution in [3.8, 4) is 0 Å². The van der Waals surface area contributed by atoms with Crippen LogP contribution < -0.4 is 5.32 Å². The van der Waals surface area contributed by atoms with Crippen molar-refractivity contribution in [3.05, 3.63) is 23.9 Å². The summed E-state index contributed by atoms with van der Waals surface area (Å²) in [5, 5.41) is 2.24. The summed E-state index contributed by atoms with van der Waals surface area (Å²) in [6.45, 7) is 0. The monoisotopic (exact) mass is 315 g/mol. The van der Waals surface area contributed by atoms with Gasteiger partial charge in [0.15, 0.2) is 0 Å².